The Balaban J connectivity index is 2.11. The largest absolute Gasteiger partial charge is 0.494 e. The fourth-order valence-corrected chi connectivity index (χ4v) is 2.02. The summed E-state index contributed by atoms with van der Waals surface area (Å²) in [6, 6.07) is 15.1. The number of aliphatic hydroxyl groups excluding tert-OH is 1. The van der Waals surface area contributed by atoms with Crippen molar-refractivity contribution < 1.29 is 14.6 Å². The SMILES string of the molecule is CCCOc1ccc(Oc2ccccc2C(O)CC)cc1. The molecule has 3 nitrogen and oxygen atoms in total. The molecule has 0 heterocycles. The van der Waals surface area contributed by atoms with Gasteiger partial charge in [-0.1, -0.05) is 32.0 Å². The summed E-state index contributed by atoms with van der Waals surface area (Å²) in [5.41, 5.74) is 0.811. The first-order valence-corrected chi connectivity index (χ1v) is 7.42. The number of aliphatic hydroxyl groups is 1. The highest BCUT2D eigenvalue weighted by Gasteiger charge is 2.11. The van der Waals surface area contributed by atoms with E-state index < -0.39 is 6.10 Å². The Morgan fingerprint density at radius 1 is 0.952 bits per heavy atom. The summed E-state index contributed by atoms with van der Waals surface area (Å²) >= 11 is 0. The fraction of sp³-hybridized carbons (Fsp3) is 0.333. The number of hydrogen-bond donors (Lipinski definition) is 1. The van der Waals surface area contributed by atoms with Crippen molar-refractivity contribution in [3.8, 4) is 17.2 Å². The molecule has 0 amide bonds. The second-order valence-corrected chi connectivity index (χ2v) is 4.88. The number of benzene rings is 2. The van der Waals surface area contributed by atoms with E-state index in [4.69, 9.17) is 9.47 Å². The van der Waals surface area contributed by atoms with Crippen LogP contribution in [0.15, 0.2) is 48.5 Å². The van der Waals surface area contributed by atoms with E-state index in [-0.39, 0.29) is 0 Å². The maximum atomic E-state index is 10.0. The van der Waals surface area contributed by atoms with Crippen LogP contribution >= 0.6 is 0 Å². The first-order chi connectivity index (χ1) is 10.2. The third-order valence-electron chi connectivity index (χ3n) is 3.19. The predicted molar refractivity (Wildman–Crippen MR) is 84.0 cm³/mol. The van der Waals surface area contributed by atoms with E-state index in [0.717, 1.165) is 23.5 Å². The Morgan fingerprint density at radius 2 is 1.62 bits per heavy atom. The zero-order chi connectivity index (χ0) is 15.1. The van der Waals surface area contributed by atoms with Crippen LogP contribution in [0.25, 0.3) is 0 Å². The Morgan fingerprint density at radius 3 is 2.29 bits per heavy atom. The van der Waals surface area contributed by atoms with Gasteiger partial charge in [-0.05, 0) is 43.2 Å². The van der Waals surface area contributed by atoms with E-state index in [2.05, 4.69) is 6.92 Å². The summed E-state index contributed by atoms with van der Waals surface area (Å²) in [6.45, 7) is 4.74. The standard InChI is InChI=1S/C18H22O3/c1-3-13-20-14-9-11-15(12-10-14)21-18-8-6-5-7-16(18)17(19)4-2/h5-12,17,19H,3-4,13H2,1-2H3. The van der Waals surface area contributed by atoms with Gasteiger partial charge in [0.2, 0.25) is 0 Å². The zero-order valence-electron chi connectivity index (χ0n) is 12.6. The van der Waals surface area contributed by atoms with Gasteiger partial charge in [0.05, 0.1) is 12.7 Å². The summed E-state index contributed by atoms with van der Waals surface area (Å²) in [4.78, 5) is 0. The molecule has 0 spiro atoms. The van der Waals surface area contributed by atoms with E-state index in [0.29, 0.717) is 18.8 Å². The molecule has 0 saturated heterocycles. The van der Waals surface area contributed by atoms with Crippen molar-refractivity contribution in [3.63, 3.8) is 0 Å². The summed E-state index contributed by atoms with van der Waals surface area (Å²) in [5, 5.41) is 10.0. The van der Waals surface area contributed by atoms with Gasteiger partial charge in [0.15, 0.2) is 0 Å². The third-order valence-corrected chi connectivity index (χ3v) is 3.19. The maximum Gasteiger partial charge on any atom is 0.133 e. The lowest BCUT2D eigenvalue weighted by atomic mass is 10.1. The lowest BCUT2D eigenvalue weighted by molar-refractivity contribution is 0.170. The van der Waals surface area contributed by atoms with Crippen LogP contribution in [0.2, 0.25) is 0 Å². The Kier molecular flexibility index (Phi) is 5.64. The van der Waals surface area contributed by atoms with E-state index >= 15 is 0 Å². The molecule has 1 N–H and O–H groups in total. The first kappa shape index (κ1) is 15.4. The topological polar surface area (TPSA) is 38.7 Å². The van der Waals surface area contributed by atoms with E-state index in [1.165, 1.54) is 0 Å². The van der Waals surface area contributed by atoms with Crippen molar-refractivity contribution >= 4 is 0 Å². The minimum absolute atomic E-state index is 0.506. The molecule has 2 rings (SSSR count). The number of ether oxygens (including phenoxy) is 2. The van der Waals surface area contributed by atoms with Crippen LogP contribution in [0.3, 0.4) is 0 Å². The van der Waals surface area contributed by atoms with Crippen LogP contribution in [0.4, 0.5) is 0 Å². The quantitative estimate of drug-likeness (QED) is 0.801. The normalized spacial score (nSPS) is 12.0. The van der Waals surface area contributed by atoms with Gasteiger partial charge in [-0.3, -0.25) is 0 Å². The van der Waals surface area contributed by atoms with E-state index in [1.54, 1.807) is 0 Å². The van der Waals surface area contributed by atoms with Gasteiger partial charge in [0.1, 0.15) is 17.2 Å². The van der Waals surface area contributed by atoms with Gasteiger partial charge in [-0.25, -0.2) is 0 Å². The van der Waals surface area contributed by atoms with Gasteiger partial charge < -0.3 is 14.6 Å². The summed E-state index contributed by atoms with van der Waals surface area (Å²) in [7, 11) is 0. The second kappa shape index (κ2) is 7.70. The van der Waals surface area contributed by atoms with Crippen molar-refractivity contribution in [1.82, 2.24) is 0 Å². The molecule has 0 radical (unpaired) electrons. The van der Waals surface area contributed by atoms with Gasteiger partial charge in [0, 0.05) is 5.56 Å². The number of para-hydroxylation sites is 1. The van der Waals surface area contributed by atoms with Gasteiger partial charge in [-0.15, -0.1) is 0 Å². The van der Waals surface area contributed by atoms with Crippen LogP contribution in [-0.4, -0.2) is 11.7 Å². The lowest BCUT2D eigenvalue weighted by Gasteiger charge is -2.15. The molecule has 2 aromatic carbocycles. The average Bonchev–Trinajstić information content (AvgIpc) is 2.54. The van der Waals surface area contributed by atoms with Crippen LogP contribution in [0, 0.1) is 0 Å². The Hall–Kier alpha value is -2.00. The van der Waals surface area contributed by atoms with E-state index in [1.807, 2.05) is 55.5 Å². The van der Waals surface area contributed by atoms with Crippen molar-refractivity contribution in [2.24, 2.45) is 0 Å². The van der Waals surface area contributed by atoms with Gasteiger partial charge in [-0.2, -0.15) is 0 Å². The summed E-state index contributed by atoms with van der Waals surface area (Å²) in [6.07, 6.45) is 1.14. The molecule has 0 aliphatic carbocycles. The molecule has 3 heteroatoms. The van der Waals surface area contributed by atoms with Crippen molar-refractivity contribution in [2.45, 2.75) is 32.8 Å². The Bertz CT molecular complexity index is 549. The van der Waals surface area contributed by atoms with Crippen LogP contribution in [0.1, 0.15) is 38.4 Å². The minimum Gasteiger partial charge on any atom is -0.494 e. The fourth-order valence-electron chi connectivity index (χ4n) is 2.02. The molecule has 0 aromatic heterocycles. The van der Waals surface area contributed by atoms with Gasteiger partial charge >= 0.3 is 0 Å². The molecule has 112 valence electrons. The highest BCUT2D eigenvalue weighted by molar-refractivity contribution is 5.40. The molecule has 0 bridgehead atoms. The van der Waals surface area contributed by atoms with Crippen molar-refractivity contribution in [2.75, 3.05) is 6.61 Å². The molecule has 0 saturated carbocycles. The minimum atomic E-state index is -0.506. The third kappa shape index (κ3) is 4.23. The Labute approximate surface area is 126 Å². The highest BCUT2D eigenvalue weighted by atomic mass is 16.5. The highest BCUT2D eigenvalue weighted by Crippen LogP contribution is 2.31. The monoisotopic (exact) mass is 286 g/mol. The predicted octanol–water partition coefficient (Wildman–Crippen LogP) is 4.71. The van der Waals surface area contributed by atoms with Crippen molar-refractivity contribution in [1.29, 1.82) is 0 Å². The van der Waals surface area contributed by atoms with Crippen molar-refractivity contribution in [3.05, 3.63) is 54.1 Å². The number of rotatable bonds is 7. The molecule has 0 fully saturated rings. The molecule has 1 unspecified atom stereocenters. The maximum absolute atomic E-state index is 10.0. The average molecular weight is 286 g/mol. The van der Waals surface area contributed by atoms with Crippen LogP contribution in [-0.2, 0) is 0 Å². The smallest absolute Gasteiger partial charge is 0.133 e. The first-order valence-electron chi connectivity index (χ1n) is 7.42. The molecular weight excluding hydrogens is 264 g/mol. The summed E-state index contributed by atoms with van der Waals surface area (Å²) < 4.78 is 11.4. The number of hydrogen-bond acceptors (Lipinski definition) is 3. The molecule has 0 aliphatic rings. The lowest BCUT2D eigenvalue weighted by Crippen LogP contribution is -1.98. The van der Waals surface area contributed by atoms with Crippen LogP contribution < -0.4 is 9.47 Å². The summed E-state index contributed by atoms with van der Waals surface area (Å²) in [5.74, 6) is 2.26. The van der Waals surface area contributed by atoms with E-state index in [9.17, 15) is 5.11 Å². The molecule has 1 atom stereocenters. The molecule has 21 heavy (non-hydrogen) atoms. The molecule has 0 aliphatic heterocycles. The molecular formula is C18H22O3. The van der Waals surface area contributed by atoms with Gasteiger partial charge in [0.25, 0.3) is 0 Å². The zero-order valence-corrected chi connectivity index (χ0v) is 12.6. The van der Waals surface area contributed by atoms with Crippen LogP contribution in [0.5, 0.6) is 17.2 Å². The second-order valence-electron chi connectivity index (χ2n) is 4.88. The molecule has 2 aromatic rings.